The van der Waals surface area contributed by atoms with E-state index in [4.69, 9.17) is 10.2 Å². The van der Waals surface area contributed by atoms with Gasteiger partial charge < -0.3 is 25.0 Å². The summed E-state index contributed by atoms with van der Waals surface area (Å²) in [5.74, 6) is -3.19. The van der Waals surface area contributed by atoms with Crippen LogP contribution in [0.15, 0.2) is 76.5 Å². The van der Waals surface area contributed by atoms with Gasteiger partial charge in [-0.25, -0.2) is 18.7 Å². The first kappa shape index (κ1) is 24.6. The number of nitrogens with one attached hydrogen (secondary N) is 2. The molecule has 5 aromatic rings. The molecule has 4 N–H and O–H groups in total. The zero-order valence-corrected chi connectivity index (χ0v) is 19.7. The van der Waals surface area contributed by atoms with E-state index in [1.165, 1.54) is 35.2 Å². The molecule has 0 aliphatic carbocycles. The fourth-order valence-electron chi connectivity index (χ4n) is 4.04. The molecule has 0 saturated heterocycles. The van der Waals surface area contributed by atoms with Crippen LogP contribution < -0.4 is 16.6 Å². The standard InChI is InChI=1S/C26H20F2N6O4/c27-18-6-5-14(9-19(18)28)13-34-8-2-4-16(26(34)37)24(36)33-20(10-22(29)35)25-32-12-21(38-25)17-11-31-23-15(17)3-1-7-30-23/h1-9,11-12,20H,10,13H2,(H2,29,35)(H,30,31)(H,33,36)/t20-/m1/s1. The number of benzene rings is 1. The predicted molar refractivity (Wildman–Crippen MR) is 132 cm³/mol. The lowest BCUT2D eigenvalue weighted by molar-refractivity contribution is -0.118. The van der Waals surface area contributed by atoms with Gasteiger partial charge in [0.15, 0.2) is 17.4 Å². The highest BCUT2D eigenvalue weighted by Crippen LogP contribution is 2.30. The van der Waals surface area contributed by atoms with Crippen LogP contribution in [0.2, 0.25) is 0 Å². The highest BCUT2D eigenvalue weighted by atomic mass is 19.2. The highest BCUT2D eigenvalue weighted by molar-refractivity contribution is 5.94. The third-order valence-electron chi connectivity index (χ3n) is 5.85. The van der Waals surface area contributed by atoms with Gasteiger partial charge in [0, 0.05) is 29.5 Å². The Balaban J connectivity index is 1.40. The summed E-state index contributed by atoms with van der Waals surface area (Å²) in [5.41, 5.74) is 6.13. The van der Waals surface area contributed by atoms with Crippen molar-refractivity contribution in [3.8, 4) is 11.3 Å². The third kappa shape index (κ3) is 4.91. The molecule has 5 rings (SSSR count). The highest BCUT2D eigenvalue weighted by Gasteiger charge is 2.25. The monoisotopic (exact) mass is 518 g/mol. The number of aromatic amines is 1. The molecule has 0 aliphatic heterocycles. The van der Waals surface area contributed by atoms with E-state index >= 15 is 0 Å². The summed E-state index contributed by atoms with van der Waals surface area (Å²) in [4.78, 5) is 49.3. The number of hydrogen-bond acceptors (Lipinski definition) is 6. The number of primary amides is 1. The third-order valence-corrected chi connectivity index (χ3v) is 5.85. The maximum atomic E-state index is 13.6. The van der Waals surface area contributed by atoms with Crippen molar-refractivity contribution in [1.29, 1.82) is 0 Å². The Bertz CT molecular complexity index is 1720. The molecule has 0 bridgehead atoms. The molecule has 1 aromatic carbocycles. The number of carbonyl (C=O) groups is 2. The fraction of sp³-hybridized carbons (Fsp3) is 0.115. The minimum atomic E-state index is -1.06. The van der Waals surface area contributed by atoms with Crippen LogP contribution in [0.5, 0.6) is 0 Å². The van der Waals surface area contributed by atoms with Gasteiger partial charge in [0.25, 0.3) is 11.5 Å². The van der Waals surface area contributed by atoms with Gasteiger partial charge in [-0.3, -0.25) is 14.4 Å². The van der Waals surface area contributed by atoms with E-state index in [2.05, 4.69) is 20.3 Å². The lowest BCUT2D eigenvalue weighted by atomic mass is 10.1. The molecule has 0 spiro atoms. The zero-order valence-electron chi connectivity index (χ0n) is 19.7. The van der Waals surface area contributed by atoms with E-state index in [9.17, 15) is 23.2 Å². The first-order valence-electron chi connectivity index (χ1n) is 11.4. The Morgan fingerprint density at radius 1 is 1.13 bits per heavy atom. The molecule has 2 amide bonds. The number of pyridine rings is 2. The topological polar surface area (TPSA) is 149 Å². The van der Waals surface area contributed by atoms with Gasteiger partial charge in [0.1, 0.15) is 17.3 Å². The number of fused-ring (bicyclic) bond motifs is 1. The molecule has 0 unspecified atom stereocenters. The van der Waals surface area contributed by atoms with Crippen LogP contribution in [0, 0.1) is 11.6 Å². The molecular weight excluding hydrogens is 498 g/mol. The van der Waals surface area contributed by atoms with Crippen molar-refractivity contribution >= 4 is 22.8 Å². The number of amides is 2. The second-order valence-electron chi connectivity index (χ2n) is 8.46. The fourth-order valence-corrected chi connectivity index (χ4v) is 4.04. The number of aromatic nitrogens is 4. The number of oxazole rings is 1. The Kier molecular flexibility index (Phi) is 6.52. The van der Waals surface area contributed by atoms with Crippen molar-refractivity contribution < 1.29 is 22.8 Å². The van der Waals surface area contributed by atoms with E-state index in [0.29, 0.717) is 22.5 Å². The molecule has 192 valence electrons. The van der Waals surface area contributed by atoms with Crippen molar-refractivity contribution in [2.45, 2.75) is 19.0 Å². The van der Waals surface area contributed by atoms with Crippen LogP contribution in [0.4, 0.5) is 8.78 Å². The first-order valence-corrected chi connectivity index (χ1v) is 11.4. The van der Waals surface area contributed by atoms with Gasteiger partial charge in [0.05, 0.1) is 19.2 Å². The quantitative estimate of drug-likeness (QED) is 0.288. The molecule has 0 aliphatic rings. The van der Waals surface area contributed by atoms with Gasteiger partial charge in [-0.1, -0.05) is 6.07 Å². The summed E-state index contributed by atoms with van der Waals surface area (Å²) >= 11 is 0. The van der Waals surface area contributed by atoms with E-state index in [1.54, 1.807) is 18.5 Å². The molecule has 4 aromatic heterocycles. The Hall–Kier alpha value is -5.13. The molecule has 0 radical (unpaired) electrons. The van der Waals surface area contributed by atoms with Crippen molar-refractivity contribution in [3.63, 3.8) is 0 Å². The van der Waals surface area contributed by atoms with Crippen LogP contribution >= 0.6 is 0 Å². The van der Waals surface area contributed by atoms with Gasteiger partial charge in [-0.05, 0) is 42.0 Å². The largest absolute Gasteiger partial charge is 0.438 e. The van der Waals surface area contributed by atoms with E-state index in [-0.39, 0.29) is 24.4 Å². The van der Waals surface area contributed by atoms with Crippen molar-refractivity contribution in [3.05, 3.63) is 106 Å². The number of H-pyrrole nitrogens is 1. The van der Waals surface area contributed by atoms with Crippen LogP contribution in [0.25, 0.3) is 22.4 Å². The summed E-state index contributed by atoms with van der Waals surface area (Å²) in [7, 11) is 0. The molecule has 12 heteroatoms. The van der Waals surface area contributed by atoms with Crippen molar-refractivity contribution in [1.82, 2.24) is 24.8 Å². The van der Waals surface area contributed by atoms with Gasteiger partial charge in [-0.2, -0.15) is 0 Å². The average Bonchev–Trinajstić information content (AvgIpc) is 3.54. The Morgan fingerprint density at radius 3 is 2.76 bits per heavy atom. The summed E-state index contributed by atoms with van der Waals surface area (Å²) in [6, 6.07) is 8.60. The smallest absolute Gasteiger partial charge is 0.263 e. The SMILES string of the molecule is NC(=O)C[C@@H](NC(=O)c1cccn(Cc2ccc(F)c(F)c2)c1=O)c1ncc(-c2c[nH]c3ncccc23)o1. The number of rotatable bonds is 8. The van der Waals surface area contributed by atoms with Gasteiger partial charge in [0.2, 0.25) is 11.8 Å². The van der Waals surface area contributed by atoms with Gasteiger partial charge in [-0.15, -0.1) is 0 Å². The van der Waals surface area contributed by atoms with Crippen LogP contribution in [-0.2, 0) is 11.3 Å². The van der Waals surface area contributed by atoms with E-state index < -0.39 is 35.0 Å². The molecular formula is C26H20F2N6O4. The summed E-state index contributed by atoms with van der Waals surface area (Å²) in [6.07, 6.45) is 5.86. The normalized spacial score (nSPS) is 11.9. The Labute approximate surface area is 213 Å². The summed E-state index contributed by atoms with van der Waals surface area (Å²) in [6.45, 7) is -0.0928. The van der Waals surface area contributed by atoms with Crippen LogP contribution in [0.3, 0.4) is 0 Å². The molecule has 0 saturated carbocycles. The lowest BCUT2D eigenvalue weighted by Crippen LogP contribution is -2.36. The number of carbonyl (C=O) groups excluding carboxylic acids is 2. The van der Waals surface area contributed by atoms with Crippen molar-refractivity contribution in [2.24, 2.45) is 5.73 Å². The van der Waals surface area contributed by atoms with Crippen LogP contribution in [-0.4, -0.2) is 31.3 Å². The first-order chi connectivity index (χ1) is 18.3. The molecule has 0 fully saturated rings. The van der Waals surface area contributed by atoms with Gasteiger partial charge >= 0.3 is 0 Å². The van der Waals surface area contributed by atoms with Crippen LogP contribution in [0.1, 0.15) is 34.3 Å². The maximum Gasteiger partial charge on any atom is 0.263 e. The second kappa shape index (κ2) is 10.1. The average molecular weight is 518 g/mol. The number of nitrogens with two attached hydrogens (primary N) is 1. The summed E-state index contributed by atoms with van der Waals surface area (Å²) < 4.78 is 33.9. The minimum absolute atomic E-state index is 0.0171. The number of halogens is 2. The Morgan fingerprint density at radius 2 is 1.97 bits per heavy atom. The van der Waals surface area contributed by atoms with E-state index in [0.717, 1.165) is 17.5 Å². The summed E-state index contributed by atoms with van der Waals surface area (Å²) in [5, 5.41) is 3.37. The minimum Gasteiger partial charge on any atom is -0.438 e. The zero-order chi connectivity index (χ0) is 26.8. The number of hydrogen-bond donors (Lipinski definition) is 3. The van der Waals surface area contributed by atoms with Crippen molar-refractivity contribution in [2.75, 3.05) is 0 Å². The van der Waals surface area contributed by atoms with E-state index in [1.807, 2.05) is 6.07 Å². The lowest BCUT2D eigenvalue weighted by Gasteiger charge is -2.15. The second-order valence-corrected chi connectivity index (χ2v) is 8.46. The maximum absolute atomic E-state index is 13.6. The number of nitrogens with zero attached hydrogens (tertiary/aromatic N) is 3. The molecule has 1 atom stereocenters. The molecule has 38 heavy (non-hydrogen) atoms. The molecule has 4 heterocycles. The predicted octanol–water partition coefficient (Wildman–Crippen LogP) is 3.05. The molecule has 10 nitrogen and oxygen atoms in total.